The van der Waals surface area contributed by atoms with Crippen molar-refractivity contribution in [3.8, 4) is 27.3 Å². The predicted molar refractivity (Wildman–Crippen MR) is 151 cm³/mol. The maximum absolute atomic E-state index is 14.4. The monoisotopic (exact) mass is 585 g/mol. The van der Waals surface area contributed by atoms with Gasteiger partial charge in [-0.3, -0.25) is 4.79 Å². The predicted octanol–water partition coefficient (Wildman–Crippen LogP) is 7.60. The van der Waals surface area contributed by atoms with Gasteiger partial charge in [-0.15, -0.1) is 11.3 Å². The maximum atomic E-state index is 14.4. The molecule has 4 aromatic rings. The fraction of sp³-hybridized carbons (Fsp3) is 0.233. The molecular weight excluding hydrogens is 560 g/mol. The zero-order valence-electron chi connectivity index (χ0n) is 21.6. The Balaban J connectivity index is 1.36. The van der Waals surface area contributed by atoms with Crippen LogP contribution in [0, 0.1) is 10.9 Å². The van der Waals surface area contributed by atoms with Crippen LogP contribution in [0.1, 0.15) is 37.0 Å². The molecule has 0 amide bonds. The minimum atomic E-state index is -1.51. The molecule has 6 nitrogen and oxygen atoms in total. The van der Waals surface area contributed by atoms with E-state index in [9.17, 15) is 23.8 Å². The van der Waals surface area contributed by atoms with E-state index >= 15 is 0 Å². The van der Waals surface area contributed by atoms with Gasteiger partial charge in [-0.1, -0.05) is 54.1 Å². The van der Waals surface area contributed by atoms with Crippen molar-refractivity contribution in [1.29, 1.82) is 0 Å². The molecule has 2 atom stereocenters. The summed E-state index contributed by atoms with van der Waals surface area (Å²) >= 11 is 6.99. The molecule has 0 saturated heterocycles. The Bertz CT molecular complexity index is 1550. The molecule has 208 valence electrons. The molecule has 0 spiro atoms. The lowest BCUT2D eigenvalue weighted by Crippen LogP contribution is -2.24. The van der Waals surface area contributed by atoms with E-state index in [2.05, 4.69) is 5.32 Å². The molecule has 3 aromatic carbocycles. The summed E-state index contributed by atoms with van der Waals surface area (Å²) in [6, 6.07) is 18.0. The van der Waals surface area contributed by atoms with E-state index in [4.69, 9.17) is 21.1 Å². The molecule has 0 aliphatic heterocycles. The van der Waals surface area contributed by atoms with Gasteiger partial charge in [0, 0.05) is 16.7 Å². The van der Waals surface area contributed by atoms with E-state index < -0.39 is 34.9 Å². The van der Waals surface area contributed by atoms with Gasteiger partial charge in [0.15, 0.2) is 5.13 Å². The van der Waals surface area contributed by atoms with Crippen molar-refractivity contribution in [2.45, 2.75) is 37.7 Å². The number of nitrogens with one attached hydrogen (secondary N) is 1. The third-order valence-electron chi connectivity index (χ3n) is 7.09. The molecule has 40 heavy (non-hydrogen) atoms. The molecular formula is C30H26ClF2NO5S. The first kappa shape index (κ1) is 28.0. The molecule has 1 aromatic heterocycles. The molecule has 1 saturated carbocycles. The highest BCUT2D eigenvalue weighted by atomic mass is 35.5. The van der Waals surface area contributed by atoms with Gasteiger partial charge < -0.3 is 25.0 Å². The smallest absolute Gasteiger partial charge is 0.314 e. The van der Waals surface area contributed by atoms with Gasteiger partial charge in [-0.2, -0.15) is 4.39 Å². The summed E-state index contributed by atoms with van der Waals surface area (Å²) in [5.41, 5.74) is 3.09. The number of hydrogen-bond acceptors (Lipinski definition) is 6. The Kier molecular flexibility index (Phi) is 7.83. The van der Waals surface area contributed by atoms with Crippen LogP contribution in [0.15, 0.2) is 66.7 Å². The van der Waals surface area contributed by atoms with Crippen molar-refractivity contribution >= 4 is 34.6 Å². The summed E-state index contributed by atoms with van der Waals surface area (Å²) in [6.07, 6.45) is -0.930. The quantitative estimate of drug-likeness (QED) is 0.166. The van der Waals surface area contributed by atoms with Gasteiger partial charge in [-0.25, -0.2) is 4.39 Å². The number of carboxylic acid groups (broad SMARTS) is 1. The van der Waals surface area contributed by atoms with E-state index in [-0.39, 0.29) is 5.02 Å². The van der Waals surface area contributed by atoms with Crippen LogP contribution in [-0.4, -0.2) is 29.7 Å². The summed E-state index contributed by atoms with van der Waals surface area (Å²) in [7, 11) is 1.54. The molecule has 5 rings (SSSR count). The molecule has 1 fully saturated rings. The number of methoxy groups -OCH3 is 1. The zero-order chi connectivity index (χ0) is 28.6. The van der Waals surface area contributed by atoms with Crippen LogP contribution in [0.2, 0.25) is 5.02 Å². The van der Waals surface area contributed by atoms with E-state index in [0.717, 1.165) is 34.1 Å². The normalized spacial score (nSPS) is 15.3. The van der Waals surface area contributed by atoms with Gasteiger partial charge in [-0.05, 0) is 60.2 Å². The van der Waals surface area contributed by atoms with E-state index in [1.54, 1.807) is 13.0 Å². The molecule has 0 radical (unpaired) electrons. The van der Waals surface area contributed by atoms with Crippen LogP contribution in [0.5, 0.6) is 5.75 Å². The van der Waals surface area contributed by atoms with Crippen molar-refractivity contribution in [1.82, 2.24) is 0 Å². The molecule has 1 unspecified atom stereocenters. The number of anilines is 1. The number of hydrogen-bond donors (Lipinski definition) is 3. The second kappa shape index (κ2) is 11.2. The second-order valence-corrected chi connectivity index (χ2v) is 11.0. The van der Waals surface area contributed by atoms with Gasteiger partial charge in [0.1, 0.15) is 11.6 Å². The van der Waals surface area contributed by atoms with Crippen LogP contribution in [-0.2, 0) is 14.9 Å². The van der Waals surface area contributed by atoms with E-state index in [1.165, 1.54) is 25.3 Å². The Morgan fingerprint density at radius 2 is 1.75 bits per heavy atom. The van der Waals surface area contributed by atoms with Crippen molar-refractivity contribution < 1.29 is 33.3 Å². The summed E-state index contributed by atoms with van der Waals surface area (Å²) in [5.74, 6) is -0.749. The van der Waals surface area contributed by atoms with Crippen molar-refractivity contribution in [3.63, 3.8) is 0 Å². The summed E-state index contributed by atoms with van der Waals surface area (Å²) in [4.78, 5) is 12.2. The lowest BCUT2D eigenvalue weighted by atomic mass is 9.93. The average molecular weight is 586 g/mol. The molecule has 3 N–H and O–H groups in total. The first-order chi connectivity index (χ1) is 19.1. The summed E-state index contributed by atoms with van der Waals surface area (Å²) in [6.45, 7) is 1.65. The first-order valence-corrected chi connectivity index (χ1v) is 13.7. The van der Waals surface area contributed by atoms with Crippen LogP contribution in [0.4, 0.5) is 14.5 Å². The standard InChI is InChI=1S/C30H26ClF2NO5S/c1-16(21-10-8-20(32)14-23(21)31)39-29(37)34-24-15-26(33)40-27(24)18-5-9-22(25(13-18)38-2)17-3-6-19(7-4-17)30(11-12-30)28(35)36/h3-10,13-16,29,34,37H,11-12H2,1-2H3,(H,35,36)/t16-,29?/m1/s1. The molecule has 1 aliphatic carbocycles. The number of aliphatic hydroxyl groups excluding tert-OH is 1. The van der Waals surface area contributed by atoms with E-state index in [0.29, 0.717) is 40.3 Å². The second-order valence-electron chi connectivity index (χ2n) is 9.61. The highest BCUT2D eigenvalue weighted by Gasteiger charge is 2.51. The van der Waals surface area contributed by atoms with Crippen molar-refractivity contribution in [2.75, 3.05) is 12.4 Å². The topological polar surface area (TPSA) is 88.0 Å². The number of benzene rings is 3. The number of carbonyl (C=O) groups is 1. The number of carboxylic acids is 1. The highest BCUT2D eigenvalue weighted by molar-refractivity contribution is 7.14. The Morgan fingerprint density at radius 1 is 1.05 bits per heavy atom. The summed E-state index contributed by atoms with van der Waals surface area (Å²) in [5, 5.41) is 22.6. The molecule has 10 heteroatoms. The Morgan fingerprint density at radius 3 is 2.38 bits per heavy atom. The number of aliphatic carboxylic acids is 1. The number of aliphatic hydroxyl groups is 1. The molecule has 0 bridgehead atoms. The average Bonchev–Trinajstić information content (AvgIpc) is 3.66. The lowest BCUT2D eigenvalue weighted by molar-refractivity contribution is -0.140. The fourth-order valence-corrected chi connectivity index (χ4v) is 5.90. The minimum Gasteiger partial charge on any atom is -0.496 e. The zero-order valence-corrected chi connectivity index (χ0v) is 23.2. The van der Waals surface area contributed by atoms with Gasteiger partial charge in [0.2, 0.25) is 6.41 Å². The number of halogens is 3. The molecule has 1 heterocycles. The van der Waals surface area contributed by atoms with Crippen LogP contribution >= 0.6 is 22.9 Å². The number of ether oxygens (including phenoxy) is 2. The largest absolute Gasteiger partial charge is 0.496 e. The Labute approximate surface area is 238 Å². The van der Waals surface area contributed by atoms with Crippen molar-refractivity contribution in [3.05, 3.63) is 93.8 Å². The van der Waals surface area contributed by atoms with E-state index in [1.807, 2.05) is 36.4 Å². The lowest BCUT2D eigenvalue weighted by Gasteiger charge is -2.21. The summed E-state index contributed by atoms with van der Waals surface area (Å²) < 4.78 is 39.0. The molecule has 1 aliphatic rings. The highest BCUT2D eigenvalue weighted by Crippen LogP contribution is 2.49. The maximum Gasteiger partial charge on any atom is 0.314 e. The van der Waals surface area contributed by atoms with Crippen LogP contribution < -0.4 is 10.1 Å². The van der Waals surface area contributed by atoms with Gasteiger partial charge >= 0.3 is 5.97 Å². The minimum absolute atomic E-state index is 0.165. The van der Waals surface area contributed by atoms with Crippen molar-refractivity contribution in [2.24, 2.45) is 0 Å². The number of rotatable bonds is 10. The fourth-order valence-electron chi connectivity index (χ4n) is 4.74. The van der Waals surface area contributed by atoms with Crippen LogP contribution in [0.3, 0.4) is 0 Å². The van der Waals surface area contributed by atoms with Gasteiger partial charge in [0.05, 0.1) is 29.2 Å². The Hall–Kier alpha value is -3.50. The third kappa shape index (κ3) is 5.55. The SMILES string of the molecule is COc1cc(-c2sc(F)cc2NC(O)O[C@H](C)c2ccc(F)cc2Cl)ccc1-c1ccc(C2(C(=O)O)CC2)cc1. The van der Waals surface area contributed by atoms with Crippen LogP contribution in [0.25, 0.3) is 21.6 Å². The first-order valence-electron chi connectivity index (χ1n) is 12.5. The number of thiophene rings is 1. The third-order valence-corrected chi connectivity index (χ3v) is 8.39. The van der Waals surface area contributed by atoms with Gasteiger partial charge in [0.25, 0.3) is 0 Å².